The van der Waals surface area contributed by atoms with Crippen LogP contribution >= 0.6 is 0 Å². The summed E-state index contributed by atoms with van der Waals surface area (Å²) in [5.41, 5.74) is 10.1. The van der Waals surface area contributed by atoms with Crippen molar-refractivity contribution in [2.45, 2.75) is 6.92 Å². The lowest BCUT2D eigenvalue weighted by Crippen LogP contribution is -2.21. The number of benzene rings is 2. The Balaban J connectivity index is 1.72. The largest absolute Gasteiger partial charge is 0.497 e. The quantitative estimate of drug-likeness (QED) is 0.345. The van der Waals surface area contributed by atoms with E-state index in [-0.39, 0.29) is 28.8 Å². The van der Waals surface area contributed by atoms with Gasteiger partial charge in [0.1, 0.15) is 17.3 Å². The molecule has 4 aromatic rings. The van der Waals surface area contributed by atoms with Gasteiger partial charge in [-0.25, -0.2) is 14.4 Å². The second kappa shape index (κ2) is 8.63. The number of nitrogens with one attached hydrogen (secondary N) is 1. The molecule has 2 heterocycles. The maximum absolute atomic E-state index is 13.1. The monoisotopic (exact) mass is 436 g/mol. The third-order valence-corrected chi connectivity index (χ3v) is 4.51. The smallest absolute Gasteiger partial charge is 0.294 e. The number of aromatic nitrogens is 5. The molecule has 0 fully saturated rings. The first-order valence-electron chi connectivity index (χ1n) is 9.27. The summed E-state index contributed by atoms with van der Waals surface area (Å²) in [6.45, 7) is 1.68. The number of methoxy groups -OCH3 is 1. The summed E-state index contributed by atoms with van der Waals surface area (Å²) in [6, 6.07) is 12.7. The molecule has 162 valence electrons. The van der Waals surface area contributed by atoms with Gasteiger partial charge in [0.05, 0.1) is 12.8 Å². The molecule has 0 aliphatic heterocycles. The Bertz CT molecular complexity index is 1300. The van der Waals surface area contributed by atoms with Crippen LogP contribution in [0.4, 0.5) is 10.2 Å². The number of carbonyl (C=O) groups is 1. The van der Waals surface area contributed by atoms with E-state index < -0.39 is 5.91 Å². The summed E-state index contributed by atoms with van der Waals surface area (Å²) in [7, 11) is 1.52. The van der Waals surface area contributed by atoms with Gasteiger partial charge in [0.15, 0.2) is 5.69 Å². The van der Waals surface area contributed by atoms with Crippen LogP contribution in [0.2, 0.25) is 0 Å². The Hall–Kier alpha value is -4.61. The highest BCUT2D eigenvalue weighted by Gasteiger charge is 2.25. The molecule has 0 unspecified atom stereocenters. The highest BCUT2D eigenvalue weighted by molar-refractivity contribution is 6.02. The summed E-state index contributed by atoms with van der Waals surface area (Å²) >= 11 is 0. The van der Waals surface area contributed by atoms with Crippen molar-refractivity contribution in [1.29, 1.82) is 0 Å². The van der Waals surface area contributed by atoms with Gasteiger partial charge in [-0.15, -0.1) is 5.10 Å². The lowest BCUT2D eigenvalue weighted by atomic mass is 10.1. The normalized spacial score (nSPS) is 11.4. The predicted molar refractivity (Wildman–Crippen MR) is 112 cm³/mol. The van der Waals surface area contributed by atoms with Crippen LogP contribution in [0.3, 0.4) is 0 Å². The minimum atomic E-state index is -0.634. The molecule has 2 aromatic heterocycles. The number of ether oxygens (including phenoxy) is 1. The Labute approximate surface area is 180 Å². The van der Waals surface area contributed by atoms with Gasteiger partial charge in [-0.2, -0.15) is 9.78 Å². The standard InChI is InChI=1S/C20H17FN8O3/c1-11(12-6-8-14(21)9-7-12)23-25-20(30)16-17(13-4-3-5-15(10-13)31-2)29(28-24-16)19-18(22)26-32-27-19/h3-10H,1-2H3,(H2,22,26)(H,25,30). The van der Waals surface area contributed by atoms with Crippen molar-refractivity contribution in [1.82, 2.24) is 30.7 Å². The first-order valence-corrected chi connectivity index (χ1v) is 9.27. The van der Waals surface area contributed by atoms with E-state index in [1.54, 1.807) is 43.3 Å². The molecule has 0 atom stereocenters. The van der Waals surface area contributed by atoms with E-state index in [2.05, 4.69) is 35.8 Å². The van der Waals surface area contributed by atoms with Gasteiger partial charge >= 0.3 is 0 Å². The van der Waals surface area contributed by atoms with Crippen LogP contribution in [0.15, 0.2) is 58.3 Å². The molecule has 3 N–H and O–H groups in total. The summed E-state index contributed by atoms with van der Waals surface area (Å²) in [6.07, 6.45) is 0. The first-order chi connectivity index (χ1) is 15.5. The van der Waals surface area contributed by atoms with E-state index in [0.29, 0.717) is 22.6 Å². The zero-order valence-corrected chi connectivity index (χ0v) is 17.0. The number of anilines is 1. The van der Waals surface area contributed by atoms with Crippen molar-refractivity contribution in [3.63, 3.8) is 0 Å². The van der Waals surface area contributed by atoms with Crippen LogP contribution in [0.25, 0.3) is 17.1 Å². The summed E-state index contributed by atoms with van der Waals surface area (Å²) < 4.78 is 24.3. The number of amides is 1. The number of nitrogens with two attached hydrogens (primary N) is 1. The van der Waals surface area contributed by atoms with Gasteiger partial charge in [-0.05, 0) is 47.1 Å². The highest BCUT2D eigenvalue weighted by atomic mass is 19.1. The average molecular weight is 436 g/mol. The molecule has 1 amide bonds. The number of halogens is 1. The molecule has 2 aromatic carbocycles. The van der Waals surface area contributed by atoms with E-state index in [4.69, 9.17) is 10.5 Å². The minimum Gasteiger partial charge on any atom is -0.497 e. The Morgan fingerprint density at radius 2 is 2.00 bits per heavy atom. The van der Waals surface area contributed by atoms with Crippen molar-refractivity contribution in [3.05, 3.63) is 65.6 Å². The van der Waals surface area contributed by atoms with Gasteiger partial charge in [0.25, 0.3) is 5.91 Å². The van der Waals surface area contributed by atoms with Gasteiger partial charge in [0, 0.05) is 5.56 Å². The predicted octanol–water partition coefficient (Wildman–Crippen LogP) is 2.20. The number of nitrogen functional groups attached to an aromatic ring is 1. The summed E-state index contributed by atoms with van der Waals surface area (Å²) in [4.78, 5) is 12.9. The van der Waals surface area contributed by atoms with Crippen LogP contribution in [0.1, 0.15) is 23.0 Å². The number of carbonyl (C=O) groups excluding carboxylic acids is 1. The van der Waals surface area contributed by atoms with Gasteiger partial charge in [-0.3, -0.25) is 4.79 Å². The zero-order chi connectivity index (χ0) is 22.7. The van der Waals surface area contributed by atoms with E-state index in [1.165, 1.54) is 23.9 Å². The van der Waals surface area contributed by atoms with Gasteiger partial charge < -0.3 is 10.5 Å². The molecular weight excluding hydrogens is 419 g/mol. The molecule has 0 radical (unpaired) electrons. The minimum absolute atomic E-state index is 0.0313. The molecule has 0 bridgehead atoms. The van der Waals surface area contributed by atoms with Crippen molar-refractivity contribution >= 4 is 17.4 Å². The third-order valence-electron chi connectivity index (χ3n) is 4.51. The van der Waals surface area contributed by atoms with Crippen LogP contribution in [0, 0.1) is 5.82 Å². The SMILES string of the molecule is COc1cccc(-c2c(C(=O)NN=C(C)c3ccc(F)cc3)nnn2-c2nonc2N)c1. The Morgan fingerprint density at radius 1 is 1.22 bits per heavy atom. The first kappa shape index (κ1) is 20.7. The van der Waals surface area contributed by atoms with E-state index in [9.17, 15) is 9.18 Å². The molecule has 11 nitrogen and oxygen atoms in total. The van der Waals surface area contributed by atoms with Crippen LogP contribution < -0.4 is 15.9 Å². The fourth-order valence-electron chi connectivity index (χ4n) is 2.89. The summed E-state index contributed by atoms with van der Waals surface area (Å²) in [5.74, 6) is -0.410. The second-order valence-corrected chi connectivity index (χ2v) is 6.55. The highest BCUT2D eigenvalue weighted by Crippen LogP contribution is 2.29. The van der Waals surface area contributed by atoms with Crippen molar-refractivity contribution in [2.24, 2.45) is 5.10 Å². The molecule has 0 saturated carbocycles. The van der Waals surface area contributed by atoms with E-state index >= 15 is 0 Å². The number of nitrogens with zero attached hydrogens (tertiary/aromatic N) is 6. The lowest BCUT2D eigenvalue weighted by Gasteiger charge is -2.08. The summed E-state index contributed by atoms with van der Waals surface area (Å²) in [5, 5.41) is 19.3. The van der Waals surface area contributed by atoms with E-state index in [1.807, 2.05) is 0 Å². The van der Waals surface area contributed by atoms with E-state index in [0.717, 1.165) is 0 Å². The number of hydrogen-bond acceptors (Lipinski definition) is 9. The number of hydrogen-bond donors (Lipinski definition) is 2. The molecule has 0 saturated heterocycles. The molecule has 12 heteroatoms. The van der Waals surface area contributed by atoms with Crippen LogP contribution in [0.5, 0.6) is 5.75 Å². The molecule has 4 rings (SSSR count). The van der Waals surface area contributed by atoms with Gasteiger partial charge in [-0.1, -0.05) is 29.5 Å². The Morgan fingerprint density at radius 3 is 2.69 bits per heavy atom. The zero-order valence-electron chi connectivity index (χ0n) is 17.0. The lowest BCUT2D eigenvalue weighted by molar-refractivity contribution is 0.0950. The molecule has 32 heavy (non-hydrogen) atoms. The number of rotatable bonds is 6. The van der Waals surface area contributed by atoms with Crippen LogP contribution in [-0.4, -0.2) is 44.0 Å². The second-order valence-electron chi connectivity index (χ2n) is 6.55. The molecule has 0 aliphatic carbocycles. The van der Waals surface area contributed by atoms with Crippen LogP contribution in [-0.2, 0) is 0 Å². The fourth-order valence-corrected chi connectivity index (χ4v) is 2.89. The van der Waals surface area contributed by atoms with Crippen molar-refractivity contribution in [2.75, 3.05) is 12.8 Å². The van der Waals surface area contributed by atoms with Crippen molar-refractivity contribution in [3.8, 4) is 22.8 Å². The van der Waals surface area contributed by atoms with Crippen molar-refractivity contribution < 1.29 is 18.6 Å². The average Bonchev–Trinajstić information content (AvgIpc) is 3.43. The molecule has 0 aliphatic rings. The number of hydrazone groups is 1. The third kappa shape index (κ3) is 4.01. The maximum atomic E-state index is 13.1. The fraction of sp³-hybridized carbons (Fsp3) is 0.100. The molecule has 0 spiro atoms. The van der Waals surface area contributed by atoms with Gasteiger partial charge in [0.2, 0.25) is 11.6 Å². The molecular formula is C20H17FN8O3. The maximum Gasteiger partial charge on any atom is 0.294 e. The Kier molecular flexibility index (Phi) is 5.57. The topological polar surface area (TPSA) is 146 Å².